The van der Waals surface area contributed by atoms with Crippen molar-refractivity contribution < 1.29 is 9.53 Å². The Kier molecular flexibility index (Phi) is 6.10. The van der Waals surface area contributed by atoms with E-state index >= 15 is 0 Å². The van der Waals surface area contributed by atoms with Crippen molar-refractivity contribution in [2.45, 2.75) is 45.6 Å². The van der Waals surface area contributed by atoms with Crippen LogP contribution in [0.3, 0.4) is 0 Å². The van der Waals surface area contributed by atoms with Crippen LogP contribution in [0, 0.1) is 0 Å². The molecule has 1 N–H and O–H groups in total. The number of anilines is 2. The van der Waals surface area contributed by atoms with Crippen LogP contribution >= 0.6 is 0 Å². The standard InChI is InChI=1S/C21H27N3O2/c1-3-16-9-7-8-14-24(16)17-12-13-22-19(15-17)21(25)23-18-10-5-6-11-20(18)26-4-2/h5-6,10-13,15-16H,3-4,7-9,14H2,1-2H3,(H,23,25). The molecule has 1 amide bonds. The number of ether oxygens (including phenoxy) is 1. The second kappa shape index (κ2) is 8.70. The van der Waals surface area contributed by atoms with Gasteiger partial charge in [0.15, 0.2) is 0 Å². The predicted molar refractivity (Wildman–Crippen MR) is 105 cm³/mol. The number of nitrogens with zero attached hydrogens (tertiary/aromatic N) is 2. The van der Waals surface area contributed by atoms with Gasteiger partial charge in [0.1, 0.15) is 11.4 Å². The molecule has 2 heterocycles. The highest BCUT2D eigenvalue weighted by Crippen LogP contribution is 2.27. The highest BCUT2D eigenvalue weighted by atomic mass is 16.5. The molecule has 0 spiro atoms. The van der Waals surface area contributed by atoms with Crippen molar-refractivity contribution in [2.24, 2.45) is 0 Å². The number of para-hydroxylation sites is 2. The van der Waals surface area contributed by atoms with Crippen LogP contribution in [0.4, 0.5) is 11.4 Å². The monoisotopic (exact) mass is 353 g/mol. The summed E-state index contributed by atoms with van der Waals surface area (Å²) < 4.78 is 5.58. The second-order valence-corrected chi connectivity index (χ2v) is 6.53. The summed E-state index contributed by atoms with van der Waals surface area (Å²) in [4.78, 5) is 19.4. The highest BCUT2D eigenvalue weighted by molar-refractivity contribution is 6.04. The fourth-order valence-electron chi connectivity index (χ4n) is 3.52. The first-order chi connectivity index (χ1) is 12.7. The number of nitrogens with one attached hydrogen (secondary N) is 1. The topological polar surface area (TPSA) is 54.5 Å². The lowest BCUT2D eigenvalue weighted by Crippen LogP contribution is -2.39. The molecule has 1 fully saturated rings. The maximum atomic E-state index is 12.7. The number of benzene rings is 1. The minimum atomic E-state index is -0.218. The average molecular weight is 353 g/mol. The molecule has 1 aromatic heterocycles. The number of amides is 1. The summed E-state index contributed by atoms with van der Waals surface area (Å²) in [6.07, 6.45) is 6.53. The summed E-state index contributed by atoms with van der Waals surface area (Å²) in [5.41, 5.74) is 2.17. The normalized spacial score (nSPS) is 17.0. The molecule has 0 saturated carbocycles. The molecule has 3 rings (SSSR count). The third kappa shape index (κ3) is 4.15. The van der Waals surface area contributed by atoms with Crippen molar-refractivity contribution in [3.63, 3.8) is 0 Å². The van der Waals surface area contributed by atoms with Gasteiger partial charge in [0, 0.05) is 24.5 Å². The molecule has 0 aliphatic carbocycles. The Hall–Kier alpha value is -2.56. The van der Waals surface area contributed by atoms with Crippen molar-refractivity contribution in [1.29, 1.82) is 0 Å². The van der Waals surface area contributed by atoms with E-state index in [2.05, 4.69) is 22.1 Å². The van der Waals surface area contributed by atoms with E-state index in [9.17, 15) is 4.79 Å². The van der Waals surface area contributed by atoms with Gasteiger partial charge in [-0.15, -0.1) is 0 Å². The molecule has 1 atom stereocenters. The van der Waals surface area contributed by atoms with Crippen LogP contribution in [0.15, 0.2) is 42.6 Å². The van der Waals surface area contributed by atoms with E-state index in [1.807, 2.05) is 43.3 Å². The Morgan fingerprint density at radius 2 is 2.12 bits per heavy atom. The summed E-state index contributed by atoms with van der Waals surface area (Å²) >= 11 is 0. The molecule has 1 unspecified atom stereocenters. The fraction of sp³-hybridized carbons (Fsp3) is 0.429. The van der Waals surface area contributed by atoms with E-state index in [1.54, 1.807) is 6.20 Å². The van der Waals surface area contributed by atoms with Crippen molar-refractivity contribution in [3.8, 4) is 5.75 Å². The molecule has 2 aromatic rings. The number of pyridine rings is 1. The number of rotatable bonds is 6. The number of carbonyl (C=O) groups is 1. The Labute approximate surface area is 155 Å². The van der Waals surface area contributed by atoms with Crippen molar-refractivity contribution in [3.05, 3.63) is 48.3 Å². The van der Waals surface area contributed by atoms with Gasteiger partial charge in [-0.1, -0.05) is 19.1 Å². The molecule has 0 radical (unpaired) electrons. The number of carbonyl (C=O) groups excluding carboxylic acids is 1. The van der Waals surface area contributed by atoms with Gasteiger partial charge in [-0.25, -0.2) is 0 Å². The predicted octanol–water partition coefficient (Wildman–Crippen LogP) is 4.50. The molecule has 1 aliphatic rings. The molecular formula is C21H27N3O2. The van der Waals surface area contributed by atoms with Crippen molar-refractivity contribution in [2.75, 3.05) is 23.4 Å². The lowest BCUT2D eigenvalue weighted by atomic mass is 9.99. The fourth-order valence-corrected chi connectivity index (χ4v) is 3.52. The van der Waals surface area contributed by atoms with E-state index in [1.165, 1.54) is 19.3 Å². The lowest BCUT2D eigenvalue weighted by molar-refractivity contribution is 0.102. The highest BCUT2D eigenvalue weighted by Gasteiger charge is 2.22. The largest absolute Gasteiger partial charge is 0.492 e. The minimum Gasteiger partial charge on any atom is -0.492 e. The van der Waals surface area contributed by atoms with Crippen LogP contribution in [0.5, 0.6) is 5.75 Å². The Morgan fingerprint density at radius 3 is 2.92 bits per heavy atom. The van der Waals surface area contributed by atoms with Crippen molar-refractivity contribution >= 4 is 17.3 Å². The lowest BCUT2D eigenvalue weighted by Gasteiger charge is -2.37. The van der Waals surface area contributed by atoms with Crippen LogP contribution in [0.25, 0.3) is 0 Å². The molecule has 138 valence electrons. The molecule has 1 aliphatic heterocycles. The Bertz CT molecular complexity index is 748. The summed E-state index contributed by atoms with van der Waals surface area (Å²) in [5.74, 6) is 0.450. The van der Waals surface area contributed by atoms with Gasteiger partial charge < -0.3 is 15.0 Å². The third-order valence-corrected chi connectivity index (χ3v) is 4.84. The smallest absolute Gasteiger partial charge is 0.274 e. The van der Waals surface area contributed by atoms with Gasteiger partial charge in [0.2, 0.25) is 0 Å². The first-order valence-corrected chi connectivity index (χ1v) is 9.48. The zero-order chi connectivity index (χ0) is 18.4. The first-order valence-electron chi connectivity index (χ1n) is 9.48. The zero-order valence-corrected chi connectivity index (χ0v) is 15.6. The zero-order valence-electron chi connectivity index (χ0n) is 15.6. The average Bonchev–Trinajstić information content (AvgIpc) is 2.69. The summed E-state index contributed by atoms with van der Waals surface area (Å²) in [7, 11) is 0. The molecule has 1 saturated heterocycles. The number of hydrogen-bond acceptors (Lipinski definition) is 4. The van der Waals surface area contributed by atoms with Gasteiger partial charge in [-0.05, 0) is 56.9 Å². The molecular weight excluding hydrogens is 326 g/mol. The van der Waals surface area contributed by atoms with E-state index in [4.69, 9.17) is 4.74 Å². The van der Waals surface area contributed by atoms with Crippen LogP contribution in [-0.2, 0) is 0 Å². The quantitative estimate of drug-likeness (QED) is 0.831. The molecule has 1 aromatic carbocycles. The van der Waals surface area contributed by atoms with E-state index in [0.29, 0.717) is 29.8 Å². The van der Waals surface area contributed by atoms with Gasteiger partial charge in [0.25, 0.3) is 5.91 Å². The number of piperidine rings is 1. The Balaban J connectivity index is 1.78. The van der Waals surface area contributed by atoms with Gasteiger partial charge in [-0.3, -0.25) is 9.78 Å². The minimum absolute atomic E-state index is 0.218. The van der Waals surface area contributed by atoms with E-state index < -0.39 is 0 Å². The Morgan fingerprint density at radius 1 is 1.27 bits per heavy atom. The van der Waals surface area contributed by atoms with Crippen LogP contribution in [-0.4, -0.2) is 30.1 Å². The second-order valence-electron chi connectivity index (χ2n) is 6.53. The number of aromatic nitrogens is 1. The van der Waals surface area contributed by atoms with Crippen LogP contribution in [0.1, 0.15) is 50.0 Å². The van der Waals surface area contributed by atoms with Crippen molar-refractivity contribution in [1.82, 2.24) is 4.98 Å². The van der Waals surface area contributed by atoms with Crippen LogP contribution in [0.2, 0.25) is 0 Å². The number of hydrogen-bond donors (Lipinski definition) is 1. The van der Waals surface area contributed by atoms with E-state index in [-0.39, 0.29) is 5.91 Å². The maximum Gasteiger partial charge on any atom is 0.274 e. The maximum absolute atomic E-state index is 12.7. The SMILES string of the molecule is CCOc1ccccc1NC(=O)c1cc(N2CCCCC2CC)ccn1. The molecule has 26 heavy (non-hydrogen) atoms. The van der Waals surface area contributed by atoms with Crippen LogP contribution < -0.4 is 15.0 Å². The summed E-state index contributed by atoms with van der Waals surface area (Å²) in [5, 5.41) is 2.92. The molecule has 5 heteroatoms. The van der Waals surface area contributed by atoms with E-state index in [0.717, 1.165) is 18.7 Å². The molecule has 0 bridgehead atoms. The summed E-state index contributed by atoms with van der Waals surface area (Å²) in [6, 6.07) is 11.9. The third-order valence-electron chi connectivity index (χ3n) is 4.84. The first kappa shape index (κ1) is 18.2. The van der Waals surface area contributed by atoms with Gasteiger partial charge >= 0.3 is 0 Å². The van der Waals surface area contributed by atoms with Gasteiger partial charge in [0.05, 0.1) is 12.3 Å². The molecule has 5 nitrogen and oxygen atoms in total. The van der Waals surface area contributed by atoms with Gasteiger partial charge in [-0.2, -0.15) is 0 Å². The summed E-state index contributed by atoms with van der Waals surface area (Å²) in [6.45, 7) is 5.74.